The van der Waals surface area contributed by atoms with Crippen molar-refractivity contribution in [3.8, 4) is 0 Å². The second-order valence-corrected chi connectivity index (χ2v) is 5.46. The van der Waals surface area contributed by atoms with Crippen molar-refractivity contribution in [2.24, 2.45) is 0 Å². The van der Waals surface area contributed by atoms with Gasteiger partial charge < -0.3 is 0 Å². The van der Waals surface area contributed by atoms with Crippen LogP contribution in [-0.4, -0.2) is 10.1 Å². The lowest BCUT2D eigenvalue weighted by molar-refractivity contribution is -0.580. The molecule has 3 nitrogen and oxygen atoms in total. The summed E-state index contributed by atoms with van der Waals surface area (Å²) in [6.45, 7) is 0. The zero-order chi connectivity index (χ0) is 12.7. The molecule has 0 bridgehead atoms. The van der Waals surface area contributed by atoms with Crippen LogP contribution in [0.3, 0.4) is 0 Å². The van der Waals surface area contributed by atoms with E-state index in [0.717, 1.165) is 17.8 Å². The fourth-order valence-electron chi connectivity index (χ4n) is 2.59. The number of rotatable bonds is 1. The standard InChI is InChI=1S/C15H12N3S/c1-2-4-11(5-3-1)8-12-6-7-13-9-16-15-18(14(12)13)17-10-19-15/h1-5,8-10H,6-7H2/q+1/b12-8-. The van der Waals surface area contributed by atoms with Gasteiger partial charge in [-0.05, 0) is 40.8 Å². The van der Waals surface area contributed by atoms with E-state index in [1.165, 1.54) is 22.4 Å². The summed E-state index contributed by atoms with van der Waals surface area (Å²) in [7, 11) is 0. The Hall–Kier alpha value is -2.07. The predicted octanol–water partition coefficient (Wildman–Crippen LogP) is 2.76. The van der Waals surface area contributed by atoms with Crippen LogP contribution in [0, 0.1) is 0 Å². The van der Waals surface area contributed by atoms with Gasteiger partial charge in [0.15, 0.2) is 5.69 Å². The van der Waals surface area contributed by atoms with Crippen LogP contribution in [0.15, 0.2) is 42.0 Å². The summed E-state index contributed by atoms with van der Waals surface area (Å²) < 4.78 is 1.97. The Morgan fingerprint density at radius 3 is 2.95 bits per heavy atom. The van der Waals surface area contributed by atoms with E-state index >= 15 is 0 Å². The number of nitrogens with zero attached hydrogens (tertiary/aromatic N) is 3. The average Bonchev–Trinajstić information content (AvgIpc) is 3.06. The molecule has 92 valence electrons. The van der Waals surface area contributed by atoms with Gasteiger partial charge in [-0.2, -0.15) is 0 Å². The first kappa shape index (κ1) is 10.8. The van der Waals surface area contributed by atoms with Gasteiger partial charge in [0.25, 0.3) is 0 Å². The van der Waals surface area contributed by atoms with Crippen LogP contribution >= 0.6 is 11.3 Å². The molecule has 2 aromatic heterocycles. The Morgan fingerprint density at radius 1 is 1.16 bits per heavy atom. The van der Waals surface area contributed by atoms with Gasteiger partial charge >= 0.3 is 4.96 Å². The zero-order valence-electron chi connectivity index (χ0n) is 10.3. The summed E-state index contributed by atoms with van der Waals surface area (Å²) in [5.74, 6) is 0. The van der Waals surface area contributed by atoms with Crippen LogP contribution in [0.4, 0.5) is 0 Å². The lowest BCUT2D eigenvalue weighted by Gasteiger charge is -1.98. The lowest BCUT2D eigenvalue weighted by atomic mass is 10.1. The molecule has 0 unspecified atom stereocenters. The van der Waals surface area contributed by atoms with Crippen molar-refractivity contribution < 1.29 is 4.52 Å². The minimum Gasteiger partial charge on any atom is -0.0831 e. The molecule has 4 rings (SSSR count). The first-order valence-corrected chi connectivity index (χ1v) is 7.19. The highest BCUT2D eigenvalue weighted by Crippen LogP contribution is 2.31. The third-order valence-corrected chi connectivity index (χ3v) is 4.15. The van der Waals surface area contributed by atoms with Gasteiger partial charge in [-0.15, -0.1) is 0 Å². The molecule has 1 aliphatic carbocycles. The second-order valence-electron chi connectivity index (χ2n) is 4.65. The Bertz CT molecular complexity index is 774. The molecule has 0 atom stereocenters. The van der Waals surface area contributed by atoms with E-state index < -0.39 is 0 Å². The van der Waals surface area contributed by atoms with Crippen LogP contribution < -0.4 is 4.52 Å². The molecule has 0 fully saturated rings. The maximum atomic E-state index is 4.45. The van der Waals surface area contributed by atoms with Gasteiger partial charge in [0, 0.05) is 11.1 Å². The topological polar surface area (TPSA) is 29.9 Å². The smallest absolute Gasteiger partial charge is 0.0831 e. The normalized spacial score (nSPS) is 16.1. The summed E-state index contributed by atoms with van der Waals surface area (Å²) in [4.78, 5) is 5.40. The first-order valence-electron chi connectivity index (χ1n) is 6.31. The van der Waals surface area contributed by atoms with E-state index in [1.54, 1.807) is 11.3 Å². The number of aromatic nitrogens is 3. The van der Waals surface area contributed by atoms with Crippen LogP contribution in [0.25, 0.3) is 16.6 Å². The van der Waals surface area contributed by atoms with Crippen molar-refractivity contribution in [1.82, 2.24) is 10.1 Å². The molecule has 1 aliphatic rings. The van der Waals surface area contributed by atoms with Gasteiger partial charge in [0.2, 0.25) is 0 Å². The fourth-order valence-corrected chi connectivity index (χ4v) is 3.18. The highest BCUT2D eigenvalue weighted by atomic mass is 32.1. The molecule has 0 spiro atoms. The highest BCUT2D eigenvalue weighted by molar-refractivity contribution is 7.14. The minimum absolute atomic E-state index is 0.958. The summed E-state index contributed by atoms with van der Waals surface area (Å²) in [5, 5.41) is 4.41. The van der Waals surface area contributed by atoms with Crippen molar-refractivity contribution in [3.63, 3.8) is 0 Å². The van der Waals surface area contributed by atoms with E-state index in [9.17, 15) is 0 Å². The molecule has 0 amide bonds. The van der Waals surface area contributed by atoms with Crippen LogP contribution in [0.5, 0.6) is 0 Å². The average molecular weight is 266 g/mol. The third kappa shape index (κ3) is 1.76. The van der Waals surface area contributed by atoms with Gasteiger partial charge in [0.1, 0.15) is 11.7 Å². The molecule has 2 heterocycles. The second kappa shape index (κ2) is 4.24. The molecule has 0 N–H and O–H groups in total. The van der Waals surface area contributed by atoms with Gasteiger partial charge in [-0.3, -0.25) is 0 Å². The van der Waals surface area contributed by atoms with Crippen LogP contribution in [0.2, 0.25) is 0 Å². The molecule has 0 saturated carbocycles. The first-order chi connectivity index (χ1) is 9.42. The Labute approximate surface area is 114 Å². The van der Waals surface area contributed by atoms with Crippen LogP contribution in [0.1, 0.15) is 23.2 Å². The molecule has 0 radical (unpaired) electrons. The quantitative estimate of drug-likeness (QED) is 0.634. The molecule has 0 saturated heterocycles. The fraction of sp³-hybridized carbons (Fsp3) is 0.133. The number of benzene rings is 1. The number of aryl methyl sites for hydroxylation is 1. The Kier molecular flexibility index (Phi) is 2.42. The lowest BCUT2D eigenvalue weighted by Crippen LogP contribution is -2.29. The Balaban J connectivity index is 1.92. The minimum atomic E-state index is 0.958. The maximum absolute atomic E-state index is 4.45. The monoisotopic (exact) mass is 266 g/mol. The third-order valence-electron chi connectivity index (χ3n) is 3.46. The number of allylic oxidation sites excluding steroid dienone is 1. The maximum Gasteiger partial charge on any atom is 0.409 e. The summed E-state index contributed by atoms with van der Waals surface area (Å²) in [6.07, 6.45) is 6.38. The van der Waals surface area contributed by atoms with Gasteiger partial charge in [-0.25, -0.2) is 0 Å². The molecule has 19 heavy (non-hydrogen) atoms. The van der Waals surface area contributed by atoms with E-state index in [1.807, 2.05) is 22.3 Å². The summed E-state index contributed by atoms with van der Waals surface area (Å²) in [6, 6.07) is 10.5. The zero-order valence-corrected chi connectivity index (χ0v) is 11.1. The molecular weight excluding hydrogens is 254 g/mol. The largest absolute Gasteiger partial charge is 0.409 e. The number of fused-ring (bicyclic) bond motifs is 3. The van der Waals surface area contributed by atoms with E-state index in [4.69, 9.17) is 0 Å². The molecular formula is C15H12N3S+. The summed E-state index contributed by atoms with van der Waals surface area (Å²) >= 11 is 1.58. The van der Waals surface area contributed by atoms with Crippen molar-refractivity contribution in [2.75, 3.05) is 0 Å². The molecule has 1 aromatic carbocycles. The number of hydrogen-bond acceptors (Lipinski definition) is 3. The SMILES string of the molecule is C(=C1\CCc2cnc3scn[n+]3c21)/c1ccccc1. The van der Waals surface area contributed by atoms with Crippen molar-refractivity contribution in [3.05, 3.63) is 58.9 Å². The van der Waals surface area contributed by atoms with Gasteiger partial charge in [0.05, 0.1) is 0 Å². The van der Waals surface area contributed by atoms with Crippen molar-refractivity contribution in [2.45, 2.75) is 12.8 Å². The van der Waals surface area contributed by atoms with E-state index in [-0.39, 0.29) is 0 Å². The van der Waals surface area contributed by atoms with Crippen LogP contribution in [-0.2, 0) is 6.42 Å². The Morgan fingerprint density at radius 2 is 2.05 bits per heavy atom. The van der Waals surface area contributed by atoms with Gasteiger partial charge in [-0.1, -0.05) is 39.9 Å². The molecule has 3 aromatic rings. The van der Waals surface area contributed by atoms with Crippen molar-refractivity contribution >= 4 is 27.9 Å². The highest BCUT2D eigenvalue weighted by Gasteiger charge is 2.27. The predicted molar refractivity (Wildman–Crippen MR) is 75.7 cm³/mol. The van der Waals surface area contributed by atoms with E-state index in [2.05, 4.69) is 40.4 Å². The summed E-state index contributed by atoms with van der Waals surface area (Å²) in [5.41, 5.74) is 6.97. The molecule has 0 aliphatic heterocycles. The van der Waals surface area contributed by atoms with E-state index in [0.29, 0.717) is 0 Å². The number of hydrogen-bond donors (Lipinski definition) is 0. The van der Waals surface area contributed by atoms with Crippen molar-refractivity contribution in [1.29, 1.82) is 0 Å². The molecule has 4 heteroatoms.